The highest BCUT2D eigenvalue weighted by Gasteiger charge is 2.24. The van der Waals surface area contributed by atoms with Crippen LogP contribution in [0.4, 0.5) is 11.4 Å². The molecule has 0 aromatic heterocycles. The van der Waals surface area contributed by atoms with Crippen molar-refractivity contribution in [3.63, 3.8) is 0 Å². The molecule has 162 valence electrons. The van der Waals surface area contributed by atoms with Crippen molar-refractivity contribution in [2.45, 2.75) is 44.9 Å². The second-order valence-electron chi connectivity index (χ2n) is 8.20. The first-order valence-corrected chi connectivity index (χ1v) is 10.9. The van der Waals surface area contributed by atoms with Gasteiger partial charge in [-0.1, -0.05) is 12.1 Å². The van der Waals surface area contributed by atoms with Crippen LogP contribution in [0, 0.1) is 10.1 Å². The van der Waals surface area contributed by atoms with Crippen LogP contribution in [0.2, 0.25) is 0 Å². The number of anilines is 1. The zero-order valence-electron chi connectivity index (χ0n) is 17.5. The Morgan fingerprint density at radius 1 is 0.903 bits per heavy atom. The molecule has 0 bridgehead atoms. The van der Waals surface area contributed by atoms with Crippen LogP contribution in [0.1, 0.15) is 63.9 Å². The highest BCUT2D eigenvalue weighted by atomic mass is 16.6. The molecular weight excluding hydrogens is 396 g/mol. The number of piperidine rings is 1. The number of Topliss-reactive ketones (excluding diaryl/α,β-unsaturated/α-hetero) is 1. The van der Waals surface area contributed by atoms with E-state index in [1.54, 1.807) is 12.1 Å². The second kappa shape index (κ2) is 9.29. The lowest BCUT2D eigenvalue weighted by molar-refractivity contribution is -0.384. The standard InChI is InChI=1S/C24H26N2O5/c27-23(19-9-8-17-6-2-3-7-18(17)14-19)16-31-24(28)20-10-11-21(22(15-20)26(29)30)25-12-4-1-5-13-25/h8-11,14-15H,1-7,12-13,16H2. The summed E-state index contributed by atoms with van der Waals surface area (Å²) in [4.78, 5) is 38.1. The average molecular weight is 422 g/mol. The first-order valence-electron chi connectivity index (χ1n) is 10.9. The molecule has 0 N–H and O–H groups in total. The predicted octanol–water partition coefficient (Wildman–Crippen LogP) is 4.50. The van der Waals surface area contributed by atoms with Crippen LogP contribution in [0.5, 0.6) is 0 Å². The molecule has 0 atom stereocenters. The SMILES string of the molecule is O=C(COC(=O)c1ccc(N2CCCCC2)c([N+](=O)[O-])c1)c1ccc2c(c1)CCCC2. The maximum atomic E-state index is 12.5. The number of benzene rings is 2. The van der Waals surface area contributed by atoms with Crippen molar-refractivity contribution in [1.29, 1.82) is 0 Å². The molecule has 0 spiro atoms. The monoisotopic (exact) mass is 422 g/mol. The van der Waals surface area contributed by atoms with E-state index in [-0.39, 0.29) is 23.6 Å². The Morgan fingerprint density at radius 2 is 1.61 bits per heavy atom. The lowest BCUT2D eigenvalue weighted by Gasteiger charge is -2.28. The molecule has 1 heterocycles. The molecule has 0 amide bonds. The van der Waals surface area contributed by atoms with Crippen molar-refractivity contribution in [1.82, 2.24) is 0 Å². The van der Waals surface area contributed by atoms with Crippen LogP contribution in [0.25, 0.3) is 0 Å². The Bertz CT molecular complexity index is 1010. The van der Waals surface area contributed by atoms with Gasteiger partial charge in [0, 0.05) is 24.7 Å². The lowest BCUT2D eigenvalue weighted by Crippen LogP contribution is -2.30. The summed E-state index contributed by atoms with van der Waals surface area (Å²) in [6.45, 7) is 1.14. The number of carbonyl (C=O) groups is 2. The molecule has 1 fully saturated rings. The largest absolute Gasteiger partial charge is 0.454 e. The summed E-state index contributed by atoms with van der Waals surface area (Å²) in [5.41, 5.74) is 3.47. The van der Waals surface area contributed by atoms with E-state index in [1.165, 1.54) is 29.7 Å². The van der Waals surface area contributed by atoms with E-state index in [4.69, 9.17) is 4.74 Å². The summed E-state index contributed by atoms with van der Waals surface area (Å²) in [5.74, 6) is -1.01. The predicted molar refractivity (Wildman–Crippen MR) is 117 cm³/mol. The van der Waals surface area contributed by atoms with Crippen molar-refractivity contribution in [2.24, 2.45) is 0 Å². The molecule has 2 aliphatic rings. The van der Waals surface area contributed by atoms with Crippen molar-refractivity contribution in [3.05, 3.63) is 68.8 Å². The molecular formula is C24H26N2O5. The van der Waals surface area contributed by atoms with E-state index >= 15 is 0 Å². The summed E-state index contributed by atoms with van der Waals surface area (Å²) in [5, 5.41) is 11.6. The summed E-state index contributed by atoms with van der Waals surface area (Å²) >= 11 is 0. The number of nitro benzene ring substituents is 1. The molecule has 0 unspecified atom stereocenters. The van der Waals surface area contributed by atoms with E-state index in [0.29, 0.717) is 11.3 Å². The van der Waals surface area contributed by atoms with Gasteiger partial charge < -0.3 is 9.64 Å². The van der Waals surface area contributed by atoms with Gasteiger partial charge >= 0.3 is 5.97 Å². The van der Waals surface area contributed by atoms with E-state index in [1.807, 2.05) is 17.0 Å². The molecule has 0 radical (unpaired) electrons. The summed E-state index contributed by atoms with van der Waals surface area (Å²) in [7, 11) is 0. The highest BCUT2D eigenvalue weighted by Crippen LogP contribution is 2.31. The van der Waals surface area contributed by atoms with E-state index in [9.17, 15) is 19.7 Å². The first kappa shape index (κ1) is 21.0. The van der Waals surface area contributed by atoms with Crippen LogP contribution in [0.15, 0.2) is 36.4 Å². The van der Waals surface area contributed by atoms with Crippen molar-refractivity contribution in [3.8, 4) is 0 Å². The number of fused-ring (bicyclic) bond motifs is 1. The molecule has 4 rings (SSSR count). The highest BCUT2D eigenvalue weighted by molar-refractivity contribution is 5.99. The van der Waals surface area contributed by atoms with Gasteiger partial charge in [-0.2, -0.15) is 0 Å². The normalized spacial score (nSPS) is 15.8. The van der Waals surface area contributed by atoms with E-state index in [0.717, 1.165) is 51.6 Å². The van der Waals surface area contributed by atoms with Gasteiger partial charge in [-0.25, -0.2) is 4.79 Å². The number of ether oxygens (including phenoxy) is 1. The minimum atomic E-state index is -0.736. The summed E-state index contributed by atoms with van der Waals surface area (Å²) < 4.78 is 5.18. The Kier molecular flexibility index (Phi) is 6.30. The fraction of sp³-hybridized carbons (Fsp3) is 0.417. The van der Waals surface area contributed by atoms with Crippen molar-refractivity contribution in [2.75, 3.05) is 24.6 Å². The number of rotatable bonds is 6. The number of esters is 1. The minimum Gasteiger partial charge on any atom is -0.454 e. The molecule has 1 aliphatic carbocycles. The summed E-state index contributed by atoms with van der Waals surface area (Å²) in [6.07, 6.45) is 7.38. The van der Waals surface area contributed by atoms with Gasteiger partial charge in [-0.15, -0.1) is 0 Å². The maximum absolute atomic E-state index is 12.5. The van der Waals surface area contributed by atoms with Gasteiger partial charge in [0.2, 0.25) is 0 Å². The Balaban J connectivity index is 1.44. The smallest absolute Gasteiger partial charge is 0.338 e. The molecule has 2 aromatic carbocycles. The van der Waals surface area contributed by atoms with E-state index in [2.05, 4.69) is 0 Å². The number of hydrogen-bond donors (Lipinski definition) is 0. The zero-order valence-corrected chi connectivity index (χ0v) is 17.5. The topological polar surface area (TPSA) is 89.8 Å². The number of nitrogens with zero attached hydrogens (tertiary/aromatic N) is 2. The van der Waals surface area contributed by atoms with Crippen LogP contribution < -0.4 is 4.90 Å². The third-order valence-corrected chi connectivity index (χ3v) is 6.11. The fourth-order valence-electron chi connectivity index (χ4n) is 4.40. The summed E-state index contributed by atoms with van der Waals surface area (Å²) in [6, 6.07) is 10.0. The van der Waals surface area contributed by atoms with Crippen LogP contribution in [-0.2, 0) is 17.6 Å². The van der Waals surface area contributed by atoms with E-state index < -0.39 is 10.9 Å². The van der Waals surface area contributed by atoms with Gasteiger partial charge in [0.25, 0.3) is 5.69 Å². The van der Waals surface area contributed by atoms with Crippen LogP contribution in [0.3, 0.4) is 0 Å². The molecule has 2 aromatic rings. The van der Waals surface area contributed by atoms with Gasteiger partial charge in [0.1, 0.15) is 5.69 Å². The average Bonchev–Trinajstić information content (AvgIpc) is 2.82. The molecule has 1 saturated heterocycles. The number of carbonyl (C=O) groups excluding carboxylic acids is 2. The van der Waals surface area contributed by atoms with Crippen LogP contribution >= 0.6 is 0 Å². The van der Waals surface area contributed by atoms with Gasteiger partial charge in [-0.3, -0.25) is 14.9 Å². The molecule has 7 heteroatoms. The van der Waals surface area contributed by atoms with Crippen molar-refractivity contribution >= 4 is 23.1 Å². The molecule has 31 heavy (non-hydrogen) atoms. The Hall–Kier alpha value is -3.22. The zero-order chi connectivity index (χ0) is 21.8. The Labute approximate surface area is 181 Å². The lowest BCUT2D eigenvalue weighted by atomic mass is 9.90. The molecule has 7 nitrogen and oxygen atoms in total. The number of aryl methyl sites for hydroxylation is 2. The molecule has 0 saturated carbocycles. The van der Waals surface area contributed by atoms with Gasteiger partial charge in [0.05, 0.1) is 10.5 Å². The maximum Gasteiger partial charge on any atom is 0.338 e. The molecule has 1 aliphatic heterocycles. The number of ketones is 1. The first-order chi connectivity index (χ1) is 15.0. The van der Waals surface area contributed by atoms with Crippen molar-refractivity contribution < 1.29 is 19.2 Å². The number of nitro groups is 1. The third-order valence-electron chi connectivity index (χ3n) is 6.11. The Morgan fingerprint density at radius 3 is 2.35 bits per heavy atom. The van der Waals surface area contributed by atoms with Gasteiger partial charge in [-0.05, 0) is 74.3 Å². The van der Waals surface area contributed by atoms with Crippen LogP contribution in [-0.4, -0.2) is 36.4 Å². The quantitative estimate of drug-likeness (QED) is 0.295. The third kappa shape index (κ3) is 4.76. The van der Waals surface area contributed by atoms with Gasteiger partial charge in [0.15, 0.2) is 12.4 Å². The fourth-order valence-corrected chi connectivity index (χ4v) is 4.40. The second-order valence-corrected chi connectivity index (χ2v) is 8.20. The number of hydrogen-bond acceptors (Lipinski definition) is 6. The minimum absolute atomic E-state index is 0.0747.